The number of nitrogens with one attached hydrogen (secondary N) is 1. The zero-order valence-corrected chi connectivity index (χ0v) is 12.9. The lowest BCUT2D eigenvalue weighted by Crippen LogP contribution is -2.36. The van der Waals surface area contributed by atoms with Crippen LogP contribution < -0.4 is 10.2 Å². The Morgan fingerprint density at radius 1 is 1.33 bits per heavy atom. The smallest absolute Gasteiger partial charge is 0.253 e. The van der Waals surface area contributed by atoms with Crippen LogP contribution in [0.1, 0.15) is 23.2 Å². The van der Waals surface area contributed by atoms with Crippen molar-refractivity contribution in [2.24, 2.45) is 0 Å². The van der Waals surface area contributed by atoms with Crippen LogP contribution in [0.5, 0.6) is 0 Å². The minimum atomic E-state index is -0.164. The van der Waals surface area contributed by atoms with Crippen molar-refractivity contribution < 1.29 is 9.90 Å². The van der Waals surface area contributed by atoms with E-state index in [-0.39, 0.29) is 12.0 Å². The average molecular weight is 291 g/mol. The molecule has 1 saturated heterocycles. The highest BCUT2D eigenvalue weighted by Crippen LogP contribution is 2.20. The highest BCUT2D eigenvalue weighted by atomic mass is 16.3. The number of nitrogens with zero attached hydrogens (tertiary/aromatic N) is 2. The Kier molecular flexibility index (Phi) is 5.59. The summed E-state index contributed by atoms with van der Waals surface area (Å²) >= 11 is 0. The molecule has 2 N–H and O–H groups in total. The van der Waals surface area contributed by atoms with Gasteiger partial charge in [0.25, 0.3) is 5.91 Å². The van der Waals surface area contributed by atoms with Crippen LogP contribution in [0, 0.1) is 0 Å². The standard InChI is InChI=1S/C16H25N3O2/c1-17-9-12-18(2)16(21)13-3-5-14(6-4-13)19-10-7-15(20)8-11-19/h3-6,15,17,20H,7-12H2,1-2H3. The number of hydrogen-bond donors (Lipinski definition) is 2. The van der Waals surface area contributed by atoms with Crippen molar-refractivity contribution >= 4 is 11.6 Å². The maximum atomic E-state index is 12.2. The molecule has 0 atom stereocenters. The van der Waals surface area contributed by atoms with E-state index in [0.29, 0.717) is 6.54 Å². The number of carbonyl (C=O) groups excluding carboxylic acids is 1. The first kappa shape index (κ1) is 15.8. The van der Waals surface area contributed by atoms with Gasteiger partial charge >= 0.3 is 0 Å². The van der Waals surface area contributed by atoms with Crippen LogP contribution in [0.3, 0.4) is 0 Å². The summed E-state index contributed by atoms with van der Waals surface area (Å²) in [6.07, 6.45) is 1.46. The Labute approximate surface area is 126 Å². The number of aliphatic hydroxyl groups excluding tert-OH is 1. The Morgan fingerprint density at radius 2 is 1.95 bits per heavy atom. The molecule has 1 aromatic rings. The molecule has 1 fully saturated rings. The Bertz CT molecular complexity index is 453. The fraction of sp³-hybridized carbons (Fsp3) is 0.562. The van der Waals surface area contributed by atoms with Crippen molar-refractivity contribution in [3.8, 4) is 0 Å². The maximum Gasteiger partial charge on any atom is 0.253 e. The minimum Gasteiger partial charge on any atom is -0.393 e. The summed E-state index contributed by atoms with van der Waals surface area (Å²) in [5, 5.41) is 12.6. The van der Waals surface area contributed by atoms with Crippen LogP contribution in [0.2, 0.25) is 0 Å². The first-order chi connectivity index (χ1) is 10.1. The van der Waals surface area contributed by atoms with Crippen molar-refractivity contribution in [2.45, 2.75) is 18.9 Å². The van der Waals surface area contributed by atoms with Crippen LogP contribution in [0.4, 0.5) is 5.69 Å². The maximum absolute atomic E-state index is 12.2. The zero-order chi connectivity index (χ0) is 15.2. The molecule has 2 rings (SSSR count). The van der Waals surface area contributed by atoms with Gasteiger partial charge in [-0.2, -0.15) is 0 Å². The minimum absolute atomic E-state index is 0.0471. The largest absolute Gasteiger partial charge is 0.393 e. The summed E-state index contributed by atoms with van der Waals surface area (Å²) in [6, 6.07) is 7.77. The summed E-state index contributed by atoms with van der Waals surface area (Å²) in [6.45, 7) is 3.23. The van der Waals surface area contributed by atoms with Gasteiger partial charge in [0.2, 0.25) is 0 Å². The normalized spacial score (nSPS) is 16.0. The predicted octanol–water partition coefficient (Wildman–Crippen LogP) is 0.939. The van der Waals surface area contributed by atoms with Crippen LogP contribution in [0.15, 0.2) is 24.3 Å². The molecule has 1 aliphatic rings. The van der Waals surface area contributed by atoms with E-state index in [1.54, 1.807) is 4.90 Å². The van der Waals surface area contributed by atoms with Crippen LogP contribution in [-0.2, 0) is 0 Å². The highest BCUT2D eigenvalue weighted by molar-refractivity contribution is 5.94. The van der Waals surface area contributed by atoms with Crippen molar-refractivity contribution in [2.75, 3.05) is 45.2 Å². The number of carbonyl (C=O) groups is 1. The fourth-order valence-electron chi connectivity index (χ4n) is 2.54. The van der Waals surface area contributed by atoms with Gasteiger partial charge in [-0.3, -0.25) is 4.79 Å². The second-order valence-corrected chi connectivity index (χ2v) is 5.60. The van der Waals surface area contributed by atoms with E-state index in [4.69, 9.17) is 0 Å². The second kappa shape index (κ2) is 7.43. The molecule has 0 spiro atoms. The molecule has 21 heavy (non-hydrogen) atoms. The number of aliphatic hydroxyl groups is 1. The van der Waals surface area contributed by atoms with Crippen LogP contribution in [-0.4, -0.2) is 62.3 Å². The van der Waals surface area contributed by atoms with Gasteiger partial charge in [0, 0.05) is 44.5 Å². The van der Waals surface area contributed by atoms with Gasteiger partial charge < -0.3 is 20.2 Å². The second-order valence-electron chi connectivity index (χ2n) is 5.60. The number of likely N-dealkylation sites (N-methyl/N-ethyl adjacent to an activating group) is 2. The Balaban J connectivity index is 1.96. The number of anilines is 1. The summed E-state index contributed by atoms with van der Waals surface area (Å²) in [7, 11) is 3.70. The van der Waals surface area contributed by atoms with Crippen molar-refractivity contribution in [3.63, 3.8) is 0 Å². The van der Waals surface area contributed by atoms with Gasteiger partial charge in [-0.15, -0.1) is 0 Å². The number of benzene rings is 1. The van der Waals surface area contributed by atoms with Crippen LogP contribution in [0.25, 0.3) is 0 Å². The molecular weight excluding hydrogens is 266 g/mol. The molecule has 0 saturated carbocycles. The number of rotatable bonds is 5. The predicted molar refractivity (Wildman–Crippen MR) is 84.8 cm³/mol. The third-order valence-corrected chi connectivity index (χ3v) is 3.99. The molecule has 0 aromatic heterocycles. The van der Waals surface area contributed by atoms with Crippen molar-refractivity contribution in [1.82, 2.24) is 10.2 Å². The number of piperidine rings is 1. The molecule has 0 bridgehead atoms. The van der Waals surface area contributed by atoms with E-state index in [1.165, 1.54) is 0 Å². The third kappa shape index (κ3) is 4.19. The Morgan fingerprint density at radius 3 is 2.52 bits per heavy atom. The number of amides is 1. The topological polar surface area (TPSA) is 55.8 Å². The summed E-state index contributed by atoms with van der Waals surface area (Å²) in [5.74, 6) is 0.0471. The fourth-order valence-corrected chi connectivity index (χ4v) is 2.54. The van der Waals surface area contributed by atoms with E-state index in [9.17, 15) is 9.90 Å². The molecule has 0 radical (unpaired) electrons. The van der Waals surface area contributed by atoms with E-state index in [1.807, 2.05) is 38.4 Å². The molecule has 0 unspecified atom stereocenters. The van der Waals surface area contributed by atoms with E-state index >= 15 is 0 Å². The Hall–Kier alpha value is -1.59. The third-order valence-electron chi connectivity index (χ3n) is 3.99. The lowest BCUT2D eigenvalue weighted by Gasteiger charge is -2.31. The van der Waals surface area contributed by atoms with Gasteiger partial charge in [-0.1, -0.05) is 0 Å². The van der Waals surface area contributed by atoms with Gasteiger partial charge in [-0.05, 0) is 44.2 Å². The zero-order valence-electron chi connectivity index (χ0n) is 12.9. The SMILES string of the molecule is CNCCN(C)C(=O)c1ccc(N2CCC(O)CC2)cc1. The quantitative estimate of drug-likeness (QED) is 0.848. The summed E-state index contributed by atoms with van der Waals surface area (Å²) in [5.41, 5.74) is 1.84. The summed E-state index contributed by atoms with van der Waals surface area (Å²) < 4.78 is 0. The van der Waals surface area contributed by atoms with Gasteiger partial charge in [0.05, 0.1) is 6.10 Å². The number of hydrogen-bond acceptors (Lipinski definition) is 4. The molecular formula is C16H25N3O2. The molecule has 1 aromatic carbocycles. The lowest BCUT2D eigenvalue weighted by molar-refractivity contribution is 0.0797. The van der Waals surface area contributed by atoms with Crippen molar-refractivity contribution in [1.29, 1.82) is 0 Å². The molecule has 0 aliphatic carbocycles. The highest BCUT2D eigenvalue weighted by Gasteiger charge is 2.18. The van der Waals surface area contributed by atoms with Gasteiger partial charge in [0.15, 0.2) is 0 Å². The molecule has 5 nitrogen and oxygen atoms in total. The van der Waals surface area contributed by atoms with E-state index in [2.05, 4.69) is 10.2 Å². The van der Waals surface area contributed by atoms with Gasteiger partial charge in [-0.25, -0.2) is 0 Å². The van der Waals surface area contributed by atoms with Crippen LogP contribution >= 0.6 is 0 Å². The van der Waals surface area contributed by atoms with Gasteiger partial charge in [0.1, 0.15) is 0 Å². The first-order valence-corrected chi connectivity index (χ1v) is 7.55. The van der Waals surface area contributed by atoms with Crippen molar-refractivity contribution in [3.05, 3.63) is 29.8 Å². The summed E-state index contributed by atoms with van der Waals surface area (Å²) in [4.78, 5) is 16.2. The van der Waals surface area contributed by atoms with E-state index in [0.717, 1.165) is 43.7 Å². The monoisotopic (exact) mass is 291 g/mol. The average Bonchev–Trinajstić information content (AvgIpc) is 2.53. The van der Waals surface area contributed by atoms with E-state index < -0.39 is 0 Å². The molecule has 116 valence electrons. The molecule has 1 heterocycles. The lowest BCUT2D eigenvalue weighted by atomic mass is 10.1. The molecule has 1 amide bonds. The molecule has 1 aliphatic heterocycles. The first-order valence-electron chi connectivity index (χ1n) is 7.55. The molecule has 5 heteroatoms.